The van der Waals surface area contributed by atoms with Crippen LogP contribution >= 0.6 is 0 Å². The first-order chi connectivity index (χ1) is 8.66. The van der Waals surface area contributed by atoms with Crippen molar-refractivity contribution in [2.45, 2.75) is 32.2 Å². The van der Waals surface area contributed by atoms with Gasteiger partial charge in [-0.3, -0.25) is 10.1 Å². The fourth-order valence-electron chi connectivity index (χ4n) is 2.21. The fraction of sp³-hybridized carbons (Fsp3) is 0.583. The Labute approximate surface area is 106 Å². The van der Waals surface area contributed by atoms with Gasteiger partial charge in [-0.2, -0.15) is 0 Å². The molecule has 1 saturated heterocycles. The molecule has 6 heteroatoms. The van der Waals surface area contributed by atoms with Crippen LogP contribution in [0.5, 0.6) is 0 Å². The van der Waals surface area contributed by atoms with E-state index in [-0.39, 0.29) is 5.69 Å². The van der Waals surface area contributed by atoms with E-state index >= 15 is 0 Å². The van der Waals surface area contributed by atoms with Gasteiger partial charge in [0.05, 0.1) is 4.92 Å². The first kappa shape index (κ1) is 12.8. The lowest BCUT2D eigenvalue weighted by atomic mass is 10.1. The summed E-state index contributed by atoms with van der Waals surface area (Å²) in [7, 11) is 0. The molecular formula is C12H18N4O2. The quantitative estimate of drug-likeness (QED) is 0.615. The smallest absolute Gasteiger partial charge is 0.290 e. The van der Waals surface area contributed by atoms with Crippen LogP contribution in [0.25, 0.3) is 0 Å². The number of rotatable bonds is 5. The largest absolute Gasteiger partial charge is 0.370 e. The zero-order chi connectivity index (χ0) is 13.0. The van der Waals surface area contributed by atoms with Crippen LogP contribution in [-0.2, 0) is 0 Å². The van der Waals surface area contributed by atoms with Gasteiger partial charge in [0, 0.05) is 18.2 Å². The first-order valence-electron chi connectivity index (χ1n) is 6.25. The van der Waals surface area contributed by atoms with E-state index in [9.17, 15) is 10.1 Å². The van der Waals surface area contributed by atoms with E-state index in [1.165, 1.54) is 19.0 Å². The van der Waals surface area contributed by atoms with Crippen LogP contribution in [-0.4, -0.2) is 29.0 Å². The SMILES string of the molecule is Cc1cc(NCC[C@@H]2CCCN2)ncc1[N+](=O)[O-]. The molecule has 1 aliphatic heterocycles. The number of nitrogens with one attached hydrogen (secondary N) is 2. The number of aromatic nitrogens is 1. The average Bonchev–Trinajstić information content (AvgIpc) is 2.81. The van der Waals surface area contributed by atoms with Crippen LogP contribution in [0.4, 0.5) is 11.5 Å². The maximum atomic E-state index is 10.7. The normalized spacial score (nSPS) is 18.8. The van der Waals surface area contributed by atoms with Crippen molar-refractivity contribution in [3.05, 3.63) is 27.9 Å². The molecule has 18 heavy (non-hydrogen) atoms. The standard InChI is InChI=1S/C12H18N4O2/c1-9-7-12(15-8-11(9)16(17)18)14-6-4-10-3-2-5-13-10/h7-8,10,13H,2-6H2,1H3,(H,14,15)/t10-/m0/s1. The van der Waals surface area contributed by atoms with E-state index < -0.39 is 4.92 Å². The second kappa shape index (κ2) is 5.77. The monoisotopic (exact) mass is 250 g/mol. The van der Waals surface area contributed by atoms with E-state index in [4.69, 9.17) is 0 Å². The highest BCUT2D eigenvalue weighted by molar-refractivity contribution is 5.46. The fourth-order valence-corrected chi connectivity index (χ4v) is 2.21. The zero-order valence-electron chi connectivity index (χ0n) is 10.5. The number of nitrogens with zero attached hydrogens (tertiary/aromatic N) is 2. The summed E-state index contributed by atoms with van der Waals surface area (Å²) in [5.41, 5.74) is 0.703. The van der Waals surface area contributed by atoms with Crippen molar-refractivity contribution in [1.29, 1.82) is 0 Å². The molecular weight excluding hydrogens is 232 g/mol. The van der Waals surface area contributed by atoms with Gasteiger partial charge in [0.25, 0.3) is 5.69 Å². The second-order valence-electron chi connectivity index (χ2n) is 4.62. The van der Waals surface area contributed by atoms with Gasteiger partial charge in [0.15, 0.2) is 0 Å². The van der Waals surface area contributed by atoms with Crippen molar-refractivity contribution in [2.75, 3.05) is 18.4 Å². The molecule has 6 nitrogen and oxygen atoms in total. The lowest BCUT2D eigenvalue weighted by molar-refractivity contribution is -0.385. The molecule has 0 aromatic carbocycles. The molecule has 1 aromatic heterocycles. The van der Waals surface area contributed by atoms with Crippen molar-refractivity contribution in [3.8, 4) is 0 Å². The highest BCUT2D eigenvalue weighted by Crippen LogP contribution is 2.19. The number of hydrogen-bond donors (Lipinski definition) is 2. The second-order valence-corrected chi connectivity index (χ2v) is 4.62. The Morgan fingerprint density at radius 2 is 2.50 bits per heavy atom. The molecule has 0 amide bonds. The van der Waals surface area contributed by atoms with E-state index in [1.807, 2.05) is 0 Å². The van der Waals surface area contributed by atoms with E-state index in [2.05, 4.69) is 15.6 Å². The molecule has 2 rings (SSSR count). The molecule has 0 bridgehead atoms. The van der Waals surface area contributed by atoms with Crippen LogP contribution < -0.4 is 10.6 Å². The van der Waals surface area contributed by atoms with Gasteiger partial charge in [-0.1, -0.05) is 0 Å². The van der Waals surface area contributed by atoms with Gasteiger partial charge in [0.2, 0.25) is 0 Å². The minimum absolute atomic E-state index is 0.0676. The summed E-state index contributed by atoms with van der Waals surface area (Å²) in [6.45, 7) is 3.67. The summed E-state index contributed by atoms with van der Waals surface area (Å²) >= 11 is 0. The van der Waals surface area contributed by atoms with Gasteiger partial charge >= 0.3 is 0 Å². The molecule has 0 unspecified atom stereocenters. The Morgan fingerprint density at radius 3 is 3.11 bits per heavy atom. The molecule has 98 valence electrons. The van der Waals surface area contributed by atoms with Crippen molar-refractivity contribution in [1.82, 2.24) is 10.3 Å². The topological polar surface area (TPSA) is 80.1 Å². The average molecular weight is 250 g/mol. The summed E-state index contributed by atoms with van der Waals surface area (Å²) in [5.74, 6) is 0.705. The molecule has 2 N–H and O–H groups in total. The maximum Gasteiger partial charge on any atom is 0.290 e. The van der Waals surface area contributed by atoms with Crippen molar-refractivity contribution < 1.29 is 4.92 Å². The zero-order valence-corrected chi connectivity index (χ0v) is 10.5. The van der Waals surface area contributed by atoms with Gasteiger partial charge in [-0.15, -0.1) is 0 Å². The first-order valence-corrected chi connectivity index (χ1v) is 6.25. The van der Waals surface area contributed by atoms with E-state index in [0.29, 0.717) is 17.4 Å². The Morgan fingerprint density at radius 1 is 1.67 bits per heavy atom. The summed E-state index contributed by atoms with van der Waals surface area (Å²) in [4.78, 5) is 14.3. The van der Waals surface area contributed by atoms with E-state index in [0.717, 1.165) is 19.5 Å². The van der Waals surface area contributed by atoms with Crippen LogP contribution in [0.2, 0.25) is 0 Å². The lowest BCUT2D eigenvalue weighted by Gasteiger charge is -2.11. The number of aryl methyl sites for hydroxylation is 1. The highest BCUT2D eigenvalue weighted by Gasteiger charge is 2.14. The van der Waals surface area contributed by atoms with Crippen molar-refractivity contribution >= 4 is 11.5 Å². The van der Waals surface area contributed by atoms with Crippen LogP contribution in [0.1, 0.15) is 24.8 Å². The van der Waals surface area contributed by atoms with Gasteiger partial charge in [0.1, 0.15) is 12.0 Å². The van der Waals surface area contributed by atoms with Crippen molar-refractivity contribution in [3.63, 3.8) is 0 Å². The molecule has 0 saturated carbocycles. The molecule has 0 aliphatic carbocycles. The summed E-state index contributed by atoms with van der Waals surface area (Å²) < 4.78 is 0. The van der Waals surface area contributed by atoms with Gasteiger partial charge in [-0.05, 0) is 38.8 Å². The van der Waals surface area contributed by atoms with Crippen LogP contribution in [0.15, 0.2) is 12.3 Å². The minimum Gasteiger partial charge on any atom is -0.370 e. The molecule has 1 aromatic rings. The summed E-state index contributed by atoms with van der Waals surface area (Å²) in [6.07, 6.45) is 4.84. The Hall–Kier alpha value is -1.69. The summed E-state index contributed by atoms with van der Waals surface area (Å²) in [6, 6.07) is 2.32. The number of anilines is 1. The Bertz CT molecular complexity index is 430. The van der Waals surface area contributed by atoms with Gasteiger partial charge in [-0.25, -0.2) is 4.98 Å². The Kier molecular flexibility index (Phi) is 4.09. The van der Waals surface area contributed by atoms with Gasteiger partial charge < -0.3 is 10.6 Å². The number of hydrogen-bond acceptors (Lipinski definition) is 5. The molecule has 1 aliphatic rings. The number of pyridine rings is 1. The third kappa shape index (κ3) is 3.16. The molecule has 0 radical (unpaired) electrons. The van der Waals surface area contributed by atoms with Crippen LogP contribution in [0, 0.1) is 17.0 Å². The van der Waals surface area contributed by atoms with Crippen LogP contribution in [0.3, 0.4) is 0 Å². The maximum absolute atomic E-state index is 10.7. The predicted octanol–water partition coefficient (Wildman–Crippen LogP) is 1.85. The molecule has 2 heterocycles. The molecule has 1 atom stereocenters. The number of nitro groups is 1. The third-order valence-electron chi connectivity index (χ3n) is 3.24. The Balaban J connectivity index is 1.85. The third-order valence-corrected chi connectivity index (χ3v) is 3.24. The molecule has 1 fully saturated rings. The van der Waals surface area contributed by atoms with Crippen molar-refractivity contribution in [2.24, 2.45) is 0 Å². The summed E-state index contributed by atoms with van der Waals surface area (Å²) in [5, 5.41) is 17.3. The minimum atomic E-state index is -0.408. The predicted molar refractivity (Wildman–Crippen MR) is 69.8 cm³/mol. The highest BCUT2D eigenvalue weighted by atomic mass is 16.6. The lowest BCUT2D eigenvalue weighted by Crippen LogP contribution is -2.24. The van der Waals surface area contributed by atoms with E-state index in [1.54, 1.807) is 13.0 Å². The molecule has 0 spiro atoms.